The Kier molecular flexibility index (Phi) is 11.0. The number of esters is 1. The van der Waals surface area contributed by atoms with Crippen LogP contribution in [0.4, 0.5) is 18.0 Å². The molecule has 3 atom stereocenters. The highest BCUT2D eigenvalue weighted by Gasteiger charge is 2.50. The molecular weight excluding hydrogens is 659 g/mol. The van der Waals surface area contributed by atoms with Crippen molar-refractivity contribution in [3.8, 4) is 11.6 Å². The standard InChI is InChI=1S/C32H40F3N3O9S/c1-20(39)46-18-23-16-27(37(48(3,41)42)17-21-4-8-24(43-2)9-5-21)28-19-47-25-10-6-22(7-11-25)30-26(32(33,34)35)12-13-29(36-30)44-14-15-45-31(40)38(23)28/h4-5,8-9,12-13,22-23,25,27-28H,6-7,10-11,14-19H2,1-3H3. The van der Waals surface area contributed by atoms with Crippen LogP contribution in [0.2, 0.25) is 0 Å². The first kappa shape index (κ1) is 35.7. The maximum Gasteiger partial charge on any atom is 0.418 e. The molecule has 1 aromatic carbocycles. The molecular formula is C32H40F3N3O9S. The lowest BCUT2D eigenvalue weighted by Crippen LogP contribution is -2.52. The molecule has 1 aliphatic carbocycles. The second kappa shape index (κ2) is 14.9. The van der Waals surface area contributed by atoms with Gasteiger partial charge in [0, 0.05) is 25.5 Å². The Morgan fingerprint density at radius 3 is 2.38 bits per heavy atom. The number of amides is 1. The number of fused-ring (bicyclic) bond motifs is 7. The van der Waals surface area contributed by atoms with Gasteiger partial charge in [-0.3, -0.25) is 9.69 Å². The molecule has 0 radical (unpaired) electrons. The van der Waals surface area contributed by atoms with E-state index in [0.717, 1.165) is 18.4 Å². The minimum absolute atomic E-state index is 0.0155. The lowest BCUT2D eigenvalue weighted by molar-refractivity contribution is -0.142. The Labute approximate surface area is 277 Å². The number of benzene rings is 1. The average molecular weight is 700 g/mol. The molecule has 1 aromatic heterocycles. The predicted molar refractivity (Wildman–Crippen MR) is 165 cm³/mol. The molecule has 6 rings (SSSR count). The smallest absolute Gasteiger partial charge is 0.418 e. The molecule has 16 heteroatoms. The van der Waals surface area contributed by atoms with Crippen molar-refractivity contribution in [2.24, 2.45) is 0 Å². The van der Waals surface area contributed by atoms with E-state index in [4.69, 9.17) is 23.7 Å². The topological polar surface area (TPSA) is 134 Å². The van der Waals surface area contributed by atoms with E-state index in [0.29, 0.717) is 37.0 Å². The van der Waals surface area contributed by atoms with Gasteiger partial charge in [0.2, 0.25) is 15.9 Å². The number of nitrogens with zero attached hydrogens (tertiary/aromatic N) is 3. The van der Waals surface area contributed by atoms with Crippen LogP contribution < -0.4 is 9.47 Å². The minimum Gasteiger partial charge on any atom is -0.497 e. The van der Waals surface area contributed by atoms with Gasteiger partial charge >= 0.3 is 18.2 Å². The highest BCUT2D eigenvalue weighted by Crippen LogP contribution is 2.42. The molecule has 4 bridgehead atoms. The summed E-state index contributed by atoms with van der Waals surface area (Å²) in [4.78, 5) is 31.1. The zero-order valence-electron chi connectivity index (χ0n) is 27.0. The lowest BCUT2D eigenvalue weighted by Gasteiger charge is -2.36. The predicted octanol–water partition coefficient (Wildman–Crippen LogP) is 4.52. The fourth-order valence-corrected chi connectivity index (χ4v) is 7.82. The number of methoxy groups -OCH3 is 1. The van der Waals surface area contributed by atoms with Crippen molar-refractivity contribution in [3.05, 3.63) is 53.2 Å². The Hall–Kier alpha value is -3.63. The lowest BCUT2D eigenvalue weighted by atomic mass is 9.83. The SMILES string of the molecule is COc1ccc(CN(C2CC(COC(C)=O)N3C(=O)OCCOc4ccc(C(F)(F)F)c(n4)C4CCC(CC4)OCC23)S(C)(=O)=O)cc1. The van der Waals surface area contributed by atoms with Gasteiger partial charge in [0.25, 0.3) is 0 Å². The van der Waals surface area contributed by atoms with E-state index in [-0.39, 0.29) is 57.1 Å². The maximum atomic E-state index is 13.9. The van der Waals surface area contributed by atoms with Gasteiger partial charge in [0.1, 0.15) is 25.6 Å². The molecule has 3 aliphatic heterocycles. The number of carbonyl (C=O) groups is 2. The number of hydrogen-bond donors (Lipinski definition) is 0. The van der Waals surface area contributed by atoms with Crippen molar-refractivity contribution in [1.29, 1.82) is 0 Å². The highest BCUT2D eigenvalue weighted by atomic mass is 32.2. The van der Waals surface area contributed by atoms with E-state index in [1.807, 2.05) is 0 Å². The number of carbonyl (C=O) groups excluding carboxylic acids is 2. The molecule has 3 unspecified atom stereocenters. The first-order chi connectivity index (χ1) is 22.7. The van der Waals surface area contributed by atoms with Crippen molar-refractivity contribution in [3.63, 3.8) is 0 Å². The Bertz CT molecular complexity index is 1550. The van der Waals surface area contributed by atoms with Crippen molar-refractivity contribution in [2.45, 2.75) is 81.9 Å². The summed E-state index contributed by atoms with van der Waals surface area (Å²) in [6.07, 6.45) is -2.93. The Morgan fingerprint density at radius 1 is 1.06 bits per heavy atom. The first-order valence-corrected chi connectivity index (χ1v) is 17.6. The number of sulfonamides is 1. The summed E-state index contributed by atoms with van der Waals surface area (Å²) in [5.41, 5.74) is -0.216. The summed E-state index contributed by atoms with van der Waals surface area (Å²) in [5, 5.41) is 0. The average Bonchev–Trinajstić information content (AvgIpc) is 3.40. The molecule has 0 spiro atoms. The largest absolute Gasteiger partial charge is 0.497 e. The zero-order valence-corrected chi connectivity index (χ0v) is 27.8. The summed E-state index contributed by atoms with van der Waals surface area (Å²) in [7, 11) is -2.34. The van der Waals surface area contributed by atoms with Crippen molar-refractivity contribution < 1.29 is 54.9 Å². The van der Waals surface area contributed by atoms with E-state index < -0.39 is 57.9 Å². The van der Waals surface area contributed by atoms with Gasteiger partial charge in [-0.05, 0) is 55.9 Å². The molecule has 48 heavy (non-hydrogen) atoms. The third-order valence-electron chi connectivity index (χ3n) is 9.02. The van der Waals surface area contributed by atoms with Crippen LogP contribution >= 0.6 is 0 Å². The van der Waals surface area contributed by atoms with Gasteiger partial charge in [0.05, 0.1) is 55.5 Å². The summed E-state index contributed by atoms with van der Waals surface area (Å²) in [6, 6.07) is 6.66. The molecule has 4 aliphatic rings. The monoisotopic (exact) mass is 699 g/mol. The van der Waals surface area contributed by atoms with E-state index >= 15 is 0 Å². The summed E-state index contributed by atoms with van der Waals surface area (Å²) in [5.74, 6) is -0.456. The van der Waals surface area contributed by atoms with E-state index in [1.165, 1.54) is 23.2 Å². The highest BCUT2D eigenvalue weighted by molar-refractivity contribution is 7.88. The number of alkyl halides is 3. The maximum absolute atomic E-state index is 13.9. The van der Waals surface area contributed by atoms with Crippen LogP contribution in [0.1, 0.15) is 61.8 Å². The molecule has 4 heterocycles. The minimum atomic E-state index is -4.59. The third-order valence-corrected chi connectivity index (χ3v) is 10.3. The number of halogens is 3. The molecule has 2 fully saturated rings. The fraction of sp³-hybridized carbons (Fsp3) is 0.594. The number of aromatic nitrogens is 1. The second-order valence-corrected chi connectivity index (χ2v) is 14.2. The van der Waals surface area contributed by atoms with Gasteiger partial charge in [0.15, 0.2) is 0 Å². The second-order valence-electron chi connectivity index (χ2n) is 12.2. The third kappa shape index (κ3) is 8.50. The van der Waals surface area contributed by atoms with Crippen LogP contribution in [0.15, 0.2) is 36.4 Å². The molecule has 1 amide bonds. The number of pyridine rings is 1. The Morgan fingerprint density at radius 2 is 1.75 bits per heavy atom. The normalized spacial score (nSPS) is 25.3. The summed E-state index contributed by atoms with van der Waals surface area (Å²) < 4.78 is 97.7. The van der Waals surface area contributed by atoms with Gasteiger partial charge in [-0.15, -0.1) is 0 Å². The van der Waals surface area contributed by atoms with Gasteiger partial charge in [-0.2, -0.15) is 17.5 Å². The number of ether oxygens (including phenoxy) is 5. The van der Waals surface area contributed by atoms with Crippen LogP contribution in [0.25, 0.3) is 0 Å². The van der Waals surface area contributed by atoms with E-state index in [2.05, 4.69) is 4.98 Å². The van der Waals surface area contributed by atoms with Crippen LogP contribution in [0.5, 0.6) is 11.6 Å². The number of hydrogen-bond acceptors (Lipinski definition) is 10. The summed E-state index contributed by atoms with van der Waals surface area (Å²) >= 11 is 0. The van der Waals surface area contributed by atoms with Gasteiger partial charge < -0.3 is 23.7 Å². The van der Waals surface area contributed by atoms with Gasteiger partial charge in [-0.1, -0.05) is 12.1 Å². The quantitative estimate of drug-likeness (QED) is 0.380. The molecule has 264 valence electrons. The molecule has 1 saturated heterocycles. The molecule has 1 saturated carbocycles. The van der Waals surface area contributed by atoms with Crippen molar-refractivity contribution in [2.75, 3.05) is 39.8 Å². The van der Waals surface area contributed by atoms with Crippen LogP contribution in [-0.2, 0) is 41.7 Å². The van der Waals surface area contributed by atoms with Crippen LogP contribution in [0.3, 0.4) is 0 Å². The zero-order chi connectivity index (χ0) is 34.6. The number of rotatable bonds is 7. The van der Waals surface area contributed by atoms with Crippen molar-refractivity contribution >= 4 is 22.1 Å². The fourth-order valence-electron chi connectivity index (χ4n) is 6.72. The van der Waals surface area contributed by atoms with E-state index in [1.54, 1.807) is 24.3 Å². The first-order valence-electron chi connectivity index (χ1n) is 15.7. The molecule has 2 aromatic rings. The van der Waals surface area contributed by atoms with E-state index in [9.17, 15) is 31.2 Å². The van der Waals surface area contributed by atoms with Crippen LogP contribution in [0, 0.1) is 0 Å². The Balaban J connectivity index is 1.46. The summed E-state index contributed by atoms with van der Waals surface area (Å²) in [6.45, 7) is 0.463. The van der Waals surface area contributed by atoms with Gasteiger partial charge in [-0.25, -0.2) is 18.2 Å². The van der Waals surface area contributed by atoms with Crippen molar-refractivity contribution in [1.82, 2.24) is 14.2 Å². The van der Waals surface area contributed by atoms with Crippen LogP contribution in [-0.4, -0.2) is 98.7 Å². The molecule has 12 nitrogen and oxygen atoms in total. The molecule has 0 N–H and O–H groups in total.